The zero-order valence-electron chi connectivity index (χ0n) is 16.7. The Bertz CT molecular complexity index is 1110. The van der Waals surface area contributed by atoms with Gasteiger partial charge in [-0.3, -0.25) is 0 Å². The van der Waals surface area contributed by atoms with Crippen LogP contribution in [0.25, 0.3) is 0 Å². The third-order valence-corrected chi connectivity index (χ3v) is 7.18. The van der Waals surface area contributed by atoms with Crippen LogP contribution in [0.1, 0.15) is 0 Å². The first-order chi connectivity index (χ1) is 14.6. The molecule has 0 aliphatic rings. The normalized spacial score (nSPS) is 10.8. The summed E-state index contributed by atoms with van der Waals surface area (Å²) in [6.45, 7) is 7.51. The van der Waals surface area contributed by atoms with E-state index in [1.54, 1.807) is 0 Å². The Morgan fingerprint density at radius 1 is 0.667 bits per heavy atom. The summed E-state index contributed by atoms with van der Waals surface area (Å²) in [6.07, 6.45) is 3.53. The third kappa shape index (κ3) is 4.50. The van der Waals surface area contributed by atoms with Gasteiger partial charge in [-0.05, 0) is 24.7 Å². The molecule has 0 spiro atoms. The predicted molar refractivity (Wildman–Crippen MR) is 124 cm³/mol. The maximum atomic E-state index is 12.9. The largest absolute Gasteiger partial charge is 0.336 e. The van der Waals surface area contributed by atoms with Gasteiger partial charge < -0.3 is 0 Å². The molecule has 3 rings (SSSR count). The monoisotopic (exact) mass is 421 g/mol. The quantitative estimate of drug-likeness (QED) is 0.390. The second-order valence-electron chi connectivity index (χ2n) is 6.62. The van der Waals surface area contributed by atoms with Crippen molar-refractivity contribution in [3.05, 3.63) is 117 Å². The number of benzene rings is 2. The summed E-state index contributed by atoms with van der Waals surface area (Å²) in [7, 11) is -0.778. The van der Waals surface area contributed by atoms with Gasteiger partial charge in [0.05, 0.1) is 13.1 Å². The number of rotatable bonds is 9. The molecule has 0 N–H and O–H groups in total. The highest BCUT2D eigenvalue weighted by atomic mass is 31.1. The van der Waals surface area contributed by atoms with E-state index in [9.17, 15) is 14.4 Å². The SMILES string of the molecule is C=CCn1c(=O)n(CC=C)c(=O)n(CCP(c2ccccc2)c2ccccc2)c1=O. The maximum absolute atomic E-state index is 12.9. The molecule has 2 aromatic carbocycles. The van der Waals surface area contributed by atoms with Crippen molar-refractivity contribution in [1.29, 1.82) is 0 Å². The molecule has 0 fully saturated rings. The molecule has 30 heavy (non-hydrogen) atoms. The van der Waals surface area contributed by atoms with Crippen LogP contribution in [0.5, 0.6) is 0 Å². The lowest BCUT2D eigenvalue weighted by Gasteiger charge is -2.20. The summed E-state index contributed by atoms with van der Waals surface area (Å²) in [6, 6.07) is 20.1. The first kappa shape index (κ1) is 21.5. The zero-order valence-corrected chi connectivity index (χ0v) is 17.6. The molecule has 0 aliphatic carbocycles. The Morgan fingerprint density at radius 3 is 1.47 bits per heavy atom. The lowest BCUT2D eigenvalue weighted by Crippen LogP contribution is -2.54. The molecule has 0 atom stereocenters. The molecule has 6 nitrogen and oxygen atoms in total. The summed E-state index contributed by atoms with van der Waals surface area (Å²) in [4.78, 5) is 38.3. The molecule has 0 saturated carbocycles. The fourth-order valence-electron chi connectivity index (χ4n) is 3.27. The van der Waals surface area contributed by atoms with Gasteiger partial charge in [0.15, 0.2) is 0 Å². The van der Waals surface area contributed by atoms with E-state index in [0.717, 1.165) is 24.3 Å². The molecule has 3 aromatic rings. The highest BCUT2D eigenvalue weighted by Crippen LogP contribution is 2.33. The minimum Gasteiger partial charge on any atom is -0.247 e. The van der Waals surface area contributed by atoms with E-state index < -0.39 is 25.0 Å². The number of aromatic nitrogens is 3. The summed E-state index contributed by atoms with van der Waals surface area (Å²) >= 11 is 0. The van der Waals surface area contributed by atoms with Crippen LogP contribution in [0.2, 0.25) is 0 Å². The van der Waals surface area contributed by atoms with Crippen molar-refractivity contribution in [3.8, 4) is 0 Å². The van der Waals surface area contributed by atoms with Crippen molar-refractivity contribution in [2.45, 2.75) is 19.6 Å². The molecule has 0 radical (unpaired) electrons. The Hall–Kier alpha value is -3.24. The molecule has 7 heteroatoms. The Balaban J connectivity index is 2.05. The topological polar surface area (TPSA) is 66.0 Å². The van der Waals surface area contributed by atoms with Gasteiger partial charge in [-0.25, -0.2) is 28.1 Å². The summed E-state index contributed by atoms with van der Waals surface area (Å²) in [5.41, 5.74) is -1.86. The van der Waals surface area contributed by atoms with Gasteiger partial charge in [0.25, 0.3) is 0 Å². The van der Waals surface area contributed by atoms with Gasteiger partial charge in [-0.2, -0.15) is 0 Å². The standard InChI is InChI=1S/C23H24N3O3P/c1-3-15-24-21(27)25(16-4-2)23(29)26(22(24)28)17-18-30(19-11-7-5-8-12-19)20-13-9-6-10-14-20/h3-14H,1-2,15-18H2. The van der Waals surface area contributed by atoms with Crippen LogP contribution in [-0.4, -0.2) is 19.9 Å². The number of hydrogen-bond donors (Lipinski definition) is 0. The lowest BCUT2D eigenvalue weighted by molar-refractivity contribution is 0.492. The Kier molecular flexibility index (Phi) is 7.15. The molecule has 0 amide bonds. The van der Waals surface area contributed by atoms with Gasteiger partial charge in [0.2, 0.25) is 0 Å². The molecule has 1 heterocycles. The van der Waals surface area contributed by atoms with Crippen molar-refractivity contribution >= 4 is 18.5 Å². The number of nitrogens with zero attached hydrogens (tertiary/aromatic N) is 3. The Labute approximate surface area is 175 Å². The van der Waals surface area contributed by atoms with E-state index in [1.165, 1.54) is 12.2 Å². The van der Waals surface area contributed by atoms with Crippen LogP contribution < -0.4 is 27.7 Å². The van der Waals surface area contributed by atoms with E-state index in [-0.39, 0.29) is 19.6 Å². The molecule has 0 unspecified atom stereocenters. The molecule has 0 saturated heterocycles. The maximum Gasteiger partial charge on any atom is 0.336 e. The molecule has 0 bridgehead atoms. The average molecular weight is 421 g/mol. The minimum absolute atomic E-state index is 0.0429. The van der Waals surface area contributed by atoms with Crippen molar-refractivity contribution in [2.75, 3.05) is 6.16 Å². The van der Waals surface area contributed by atoms with Crippen LogP contribution >= 0.6 is 7.92 Å². The van der Waals surface area contributed by atoms with Crippen molar-refractivity contribution < 1.29 is 0 Å². The van der Waals surface area contributed by atoms with Crippen LogP contribution in [0.3, 0.4) is 0 Å². The highest BCUT2D eigenvalue weighted by Gasteiger charge is 2.18. The van der Waals surface area contributed by atoms with E-state index in [1.807, 2.05) is 36.4 Å². The predicted octanol–water partition coefficient (Wildman–Crippen LogP) is 1.68. The van der Waals surface area contributed by atoms with Crippen LogP contribution in [0.15, 0.2) is 100 Å². The fourth-order valence-corrected chi connectivity index (χ4v) is 5.55. The third-order valence-electron chi connectivity index (χ3n) is 4.69. The van der Waals surface area contributed by atoms with Gasteiger partial charge >= 0.3 is 17.1 Å². The average Bonchev–Trinajstić information content (AvgIpc) is 2.78. The Morgan fingerprint density at radius 2 is 1.07 bits per heavy atom. The first-order valence-electron chi connectivity index (χ1n) is 9.62. The smallest absolute Gasteiger partial charge is 0.247 e. The van der Waals surface area contributed by atoms with Crippen LogP contribution in [-0.2, 0) is 19.6 Å². The molecule has 154 valence electrons. The second-order valence-corrected chi connectivity index (χ2v) is 8.96. The van der Waals surface area contributed by atoms with Gasteiger partial charge in [0.1, 0.15) is 0 Å². The van der Waals surface area contributed by atoms with Crippen molar-refractivity contribution in [1.82, 2.24) is 13.7 Å². The molecular formula is C23H24N3O3P. The highest BCUT2D eigenvalue weighted by molar-refractivity contribution is 7.73. The first-order valence-corrected chi connectivity index (χ1v) is 11.1. The molecular weight excluding hydrogens is 397 g/mol. The lowest BCUT2D eigenvalue weighted by atomic mass is 10.4. The van der Waals surface area contributed by atoms with Gasteiger partial charge in [-0.15, -0.1) is 13.2 Å². The van der Waals surface area contributed by atoms with E-state index in [2.05, 4.69) is 37.4 Å². The van der Waals surface area contributed by atoms with Crippen molar-refractivity contribution in [3.63, 3.8) is 0 Å². The fraction of sp³-hybridized carbons (Fsp3) is 0.174. The van der Waals surface area contributed by atoms with Crippen LogP contribution in [0.4, 0.5) is 0 Å². The number of allylic oxidation sites excluding steroid dienone is 2. The molecule has 1 aromatic heterocycles. The summed E-state index contributed by atoms with van der Waals surface area (Å²) in [5.74, 6) is 0. The zero-order chi connectivity index (χ0) is 21.5. The number of hydrogen-bond acceptors (Lipinski definition) is 3. The summed E-state index contributed by atoms with van der Waals surface area (Å²) < 4.78 is 3.21. The van der Waals surface area contributed by atoms with Crippen LogP contribution in [0, 0.1) is 0 Å². The summed E-state index contributed by atoms with van der Waals surface area (Å²) in [5, 5.41) is 2.33. The van der Waals surface area contributed by atoms with Gasteiger partial charge in [-0.1, -0.05) is 72.8 Å². The van der Waals surface area contributed by atoms with Crippen molar-refractivity contribution in [2.24, 2.45) is 0 Å². The van der Waals surface area contributed by atoms with E-state index in [4.69, 9.17) is 0 Å². The second kappa shape index (κ2) is 9.99. The van der Waals surface area contributed by atoms with E-state index >= 15 is 0 Å². The van der Waals surface area contributed by atoms with E-state index in [0.29, 0.717) is 6.16 Å². The minimum atomic E-state index is -0.778. The van der Waals surface area contributed by atoms with Gasteiger partial charge in [0, 0.05) is 6.54 Å². The molecule has 0 aliphatic heterocycles.